The number of rotatable bonds is 5. The van der Waals surface area contributed by atoms with Gasteiger partial charge in [0.15, 0.2) is 0 Å². The molecule has 0 fully saturated rings. The van der Waals surface area contributed by atoms with Crippen LogP contribution in [0.5, 0.6) is 0 Å². The van der Waals surface area contributed by atoms with Gasteiger partial charge in [0, 0.05) is 10.5 Å². The molecule has 4 nitrogen and oxygen atoms in total. The third-order valence-electron chi connectivity index (χ3n) is 3.00. The van der Waals surface area contributed by atoms with E-state index in [1.165, 1.54) is 12.7 Å². The summed E-state index contributed by atoms with van der Waals surface area (Å²) in [5.74, 6) is 0.465. The molecule has 1 aromatic carbocycles. The summed E-state index contributed by atoms with van der Waals surface area (Å²) < 4.78 is 11.1. The molecule has 0 amide bonds. The summed E-state index contributed by atoms with van der Waals surface area (Å²) in [6.07, 6.45) is 0. The summed E-state index contributed by atoms with van der Waals surface area (Å²) >= 11 is 3.41. The second kappa shape index (κ2) is 6.72. The molecule has 106 valence electrons. The van der Waals surface area contributed by atoms with Gasteiger partial charge in [0.05, 0.1) is 13.7 Å². The molecule has 20 heavy (non-hydrogen) atoms. The Balaban J connectivity index is 1.93. The van der Waals surface area contributed by atoms with Crippen molar-refractivity contribution in [3.8, 4) is 0 Å². The maximum absolute atomic E-state index is 11.3. The van der Waals surface area contributed by atoms with Crippen LogP contribution in [0.4, 0.5) is 0 Å². The summed E-state index contributed by atoms with van der Waals surface area (Å²) in [5.41, 5.74) is 1.19. The molecule has 1 heterocycles. The SMILES string of the molecule is COC(=O)c1ccc(CN[C@@H](C)c2ccc(Br)cc2)o1. The standard InChI is InChI=1S/C15H16BrNO3/c1-10(11-3-5-12(16)6-4-11)17-9-13-7-8-14(20-13)15(18)19-2/h3-8,10,17H,9H2,1-2H3/t10-/m0/s1. The number of halogens is 1. The highest BCUT2D eigenvalue weighted by molar-refractivity contribution is 9.10. The summed E-state index contributed by atoms with van der Waals surface area (Å²) in [5, 5.41) is 3.34. The molecule has 0 aliphatic heterocycles. The van der Waals surface area contributed by atoms with Gasteiger partial charge in [-0.1, -0.05) is 28.1 Å². The van der Waals surface area contributed by atoms with Crippen LogP contribution in [-0.2, 0) is 11.3 Å². The topological polar surface area (TPSA) is 51.5 Å². The fourth-order valence-electron chi connectivity index (χ4n) is 1.81. The highest BCUT2D eigenvalue weighted by atomic mass is 79.9. The number of carbonyl (C=O) groups excluding carboxylic acids is 1. The zero-order chi connectivity index (χ0) is 14.5. The van der Waals surface area contributed by atoms with Crippen LogP contribution in [-0.4, -0.2) is 13.1 Å². The number of esters is 1. The van der Waals surface area contributed by atoms with Crippen molar-refractivity contribution in [3.05, 3.63) is 58.0 Å². The third-order valence-corrected chi connectivity index (χ3v) is 3.53. The van der Waals surface area contributed by atoms with E-state index < -0.39 is 5.97 Å². The summed E-state index contributed by atoms with van der Waals surface area (Å²) in [6, 6.07) is 11.7. The predicted molar refractivity (Wildman–Crippen MR) is 79.4 cm³/mol. The third kappa shape index (κ3) is 3.71. The number of methoxy groups -OCH3 is 1. The molecule has 0 radical (unpaired) electrons. The first kappa shape index (κ1) is 14.8. The van der Waals surface area contributed by atoms with E-state index in [0.717, 1.165) is 4.47 Å². The monoisotopic (exact) mass is 337 g/mol. The molecule has 0 saturated heterocycles. The van der Waals surface area contributed by atoms with Crippen molar-refractivity contribution in [1.82, 2.24) is 5.32 Å². The van der Waals surface area contributed by atoms with E-state index in [1.807, 2.05) is 12.1 Å². The van der Waals surface area contributed by atoms with Crippen LogP contribution < -0.4 is 5.32 Å². The Kier molecular flexibility index (Phi) is 4.98. The molecule has 0 bridgehead atoms. The average molecular weight is 338 g/mol. The van der Waals surface area contributed by atoms with Crippen molar-refractivity contribution >= 4 is 21.9 Å². The first-order chi connectivity index (χ1) is 9.60. The number of ether oxygens (including phenoxy) is 1. The normalized spacial score (nSPS) is 12.2. The van der Waals surface area contributed by atoms with Crippen LogP contribution in [0.15, 0.2) is 45.3 Å². The summed E-state index contributed by atoms with van der Waals surface area (Å²) in [6.45, 7) is 2.63. The molecule has 1 atom stereocenters. The fourth-order valence-corrected chi connectivity index (χ4v) is 2.07. The van der Waals surface area contributed by atoms with Crippen LogP contribution in [0.2, 0.25) is 0 Å². The molecule has 0 aliphatic rings. The van der Waals surface area contributed by atoms with Crippen molar-refractivity contribution in [2.75, 3.05) is 7.11 Å². The van der Waals surface area contributed by atoms with E-state index in [4.69, 9.17) is 4.42 Å². The van der Waals surface area contributed by atoms with Gasteiger partial charge in [-0.2, -0.15) is 0 Å². The number of furan rings is 1. The van der Waals surface area contributed by atoms with Crippen molar-refractivity contribution in [1.29, 1.82) is 0 Å². The molecule has 1 aromatic heterocycles. The van der Waals surface area contributed by atoms with Gasteiger partial charge in [0.25, 0.3) is 0 Å². The zero-order valence-electron chi connectivity index (χ0n) is 11.4. The van der Waals surface area contributed by atoms with E-state index in [2.05, 4.69) is 45.0 Å². The van der Waals surface area contributed by atoms with E-state index in [0.29, 0.717) is 12.3 Å². The molecule has 5 heteroatoms. The predicted octanol–water partition coefficient (Wildman–Crippen LogP) is 3.68. The highest BCUT2D eigenvalue weighted by Gasteiger charge is 2.12. The van der Waals surface area contributed by atoms with E-state index >= 15 is 0 Å². The maximum atomic E-state index is 11.3. The van der Waals surface area contributed by atoms with Crippen LogP contribution in [0.25, 0.3) is 0 Å². The Morgan fingerprint density at radius 3 is 2.65 bits per heavy atom. The summed E-state index contributed by atoms with van der Waals surface area (Å²) in [4.78, 5) is 11.3. The highest BCUT2D eigenvalue weighted by Crippen LogP contribution is 2.17. The van der Waals surface area contributed by atoms with Crippen LogP contribution in [0.3, 0.4) is 0 Å². The first-order valence-electron chi connectivity index (χ1n) is 6.26. The largest absolute Gasteiger partial charge is 0.463 e. The molecule has 2 rings (SSSR count). The molecular formula is C15H16BrNO3. The second-order valence-corrected chi connectivity index (χ2v) is 5.33. The Morgan fingerprint density at radius 2 is 2.00 bits per heavy atom. The van der Waals surface area contributed by atoms with Gasteiger partial charge in [0.2, 0.25) is 5.76 Å². The van der Waals surface area contributed by atoms with Gasteiger partial charge < -0.3 is 14.5 Å². The minimum atomic E-state index is -0.461. The average Bonchev–Trinajstić information content (AvgIpc) is 2.93. The summed E-state index contributed by atoms with van der Waals surface area (Å²) in [7, 11) is 1.33. The molecule has 0 saturated carbocycles. The van der Waals surface area contributed by atoms with Crippen LogP contribution in [0, 0.1) is 0 Å². The zero-order valence-corrected chi connectivity index (χ0v) is 12.9. The number of benzene rings is 1. The van der Waals surface area contributed by atoms with Crippen molar-refractivity contribution < 1.29 is 13.9 Å². The number of nitrogens with one attached hydrogen (secondary N) is 1. The van der Waals surface area contributed by atoms with Crippen molar-refractivity contribution in [3.63, 3.8) is 0 Å². The lowest BCUT2D eigenvalue weighted by Crippen LogP contribution is -2.17. The molecular weight excluding hydrogens is 322 g/mol. The number of hydrogen-bond acceptors (Lipinski definition) is 4. The number of carbonyl (C=O) groups is 1. The van der Waals surface area contributed by atoms with Crippen LogP contribution >= 0.6 is 15.9 Å². The Hall–Kier alpha value is -1.59. The lowest BCUT2D eigenvalue weighted by atomic mass is 10.1. The van der Waals surface area contributed by atoms with Crippen molar-refractivity contribution in [2.24, 2.45) is 0 Å². The van der Waals surface area contributed by atoms with Gasteiger partial charge in [-0.25, -0.2) is 4.79 Å². The van der Waals surface area contributed by atoms with E-state index in [1.54, 1.807) is 12.1 Å². The van der Waals surface area contributed by atoms with Gasteiger partial charge in [-0.05, 0) is 36.8 Å². The van der Waals surface area contributed by atoms with Gasteiger partial charge in [-0.3, -0.25) is 0 Å². The lowest BCUT2D eigenvalue weighted by molar-refractivity contribution is 0.0563. The molecule has 1 N–H and O–H groups in total. The van der Waals surface area contributed by atoms with Gasteiger partial charge >= 0.3 is 5.97 Å². The Bertz CT molecular complexity index is 577. The lowest BCUT2D eigenvalue weighted by Gasteiger charge is -2.13. The van der Waals surface area contributed by atoms with E-state index in [9.17, 15) is 4.79 Å². The first-order valence-corrected chi connectivity index (χ1v) is 7.05. The maximum Gasteiger partial charge on any atom is 0.373 e. The van der Waals surface area contributed by atoms with Crippen LogP contribution in [0.1, 0.15) is 34.8 Å². The molecule has 0 aliphatic carbocycles. The second-order valence-electron chi connectivity index (χ2n) is 4.41. The minimum absolute atomic E-state index is 0.190. The van der Waals surface area contributed by atoms with Gasteiger partial charge in [-0.15, -0.1) is 0 Å². The van der Waals surface area contributed by atoms with Crippen molar-refractivity contribution in [2.45, 2.75) is 19.5 Å². The molecule has 2 aromatic rings. The fraction of sp³-hybridized carbons (Fsp3) is 0.267. The number of hydrogen-bond donors (Lipinski definition) is 1. The Labute approximate surface area is 126 Å². The minimum Gasteiger partial charge on any atom is -0.463 e. The Morgan fingerprint density at radius 1 is 1.30 bits per heavy atom. The molecule has 0 spiro atoms. The van der Waals surface area contributed by atoms with Gasteiger partial charge in [0.1, 0.15) is 5.76 Å². The quantitative estimate of drug-likeness (QED) is 0.845. The van der Waals surface area contributed by atoms with E-state index in [-0.39, 0.29) is 11.8 Å². The molecule has 0 unspecified atom stereocenters. The smallest absolute Gasteiger partial charge is 0.373 e.